The number of pyridine rings is 1. The molecule has 0 aliphatic heterocycles. The number of ether oxygens (including phenoxy) is 1. The second kappa shape index (κ2) is 7.74. The Morgan fingerprint density at radius 2 is 1.96 bits per heavy atom. The zero-order chi connectivity index (χ0) is 18.5. The molecule has 3 N–H and O–H groups in total. The maximum Gasteiger partial charge on any atom is 0.319 e. The molecule has 3 rings (SSSR count). The normalized spacial score (nSPS) is 10.5. The van der Waals surface area contributed by atoms with E-state index in [9.17, 15) is 9.59 Å². The van der Waals surface area contributed by atoms with Crippen molar-refractivity contribution >= 4 is 22.6 Å². The topological polar surface area (TPSA) is 83.2 Å². The molecular weight excluding hydrogens is 330 g/mol. The van der Waals surface area contributed by atoms with E-state index in [-0.39, 0.29) is 18.1 Å². The molecule has 0 saturated carbocycles. The number of aromatic amines is 1. The summed E-state index contributed by atoms with van der Waals surface area (Å²) in [4.78, 5) is 27.3. The highest BCUT2D eigenvalue weighted by atomic mass is 16.5. The number of urea groups is 1. The molecule has 0 fully saturated rings. The van der Waals surface area contributed by atoms with Gasteiger partial charge in [-0.3, -0.25) is 4.79 Å². The number of H-pyrrole nitrogens is 1. The van der Waals surface area contributed by atoms with Crippen molar-refractivity contribution in [3.8, 4) is 5.75 Å². The Hall–Kier alpha value is -3.28. The van der Waals surface area contributed by atoms with Gasteiger partial charge in [-0.1, -0.05) is 18.2 Å². The standard InChI is InChI=1S/C20H21N3O3/c1-3-21-20(25)22-14-7-6-8-15(11-14)26-12-18-13(2)19(24)16-9-4-5-10-17(16)23-18/h4-11H,3,12H2,1-2H3,(H,23,24)(H2,21,22,25). The molecule has 6 heteroatoms. The summed E-state index contributed by atoms with van der Waals surface area (Å²) in [6.07, 6.45) is 0. The first-order chi connectivity index (χ1) is 12.6. The van der Waals surface area contributed by atoms with Crippen molar-refractivity contribution < 1.29 is 9.53 Å². The second-order valence-corrected chi connectivity index (χ2v) is 5.90. The van der Waals surface area contributed by atoms with E-state index in [1.54, 1.807) is 31.2 Å². The van der Waals surface area contributed by atoms with Gasteiger partial charge in [-0.2, -0.15) is 0 Å². The number of nitrogens with one attached hydrogen (secondary N) is 3. The van der Waals surface area contributed by atoms with Crippen LogP contribution < -0.4 is 20.8 Å². The fraction of sp³-hybridized carbons (Fsp3) is 0.200. The van der Waals surface area contributed by atoms with Gasteiger partial charge in [0.25, 0.3) is 0 Å². The Labute approximate surface area is 151 Å². The largest absolute Gasteiger partial charge is 0.487 e. The van der Waals surface area contributed by atoms with Crippen LogP contribution in [0.3, 0.4) is 0 Å². The van der Waals surface area contributed by atoms with E-state index in [4.69, 9.17) is 4.74 Å². The van der Waals surface area contributed by atoms with Gasteiger partial charge in [0.2, 0.25) is 0 Å². The van der Waals surface area contributed by atoms with Gasteiger partial charge in [-0.25, -0.2) is 4.79 Å². The molecule has 0 spiro atoms. The van der Waals surface area contributed by atoms with Gasteiger partial charge in [0.1, 0.15) is 12.4 Å². The van der Waals surface area contributed by atoms with Crippen LogP contribution in [0.25, 0.3) is 10.9 Å². The minimum Gasteiger partial charge on any atom is -0.487 e. The number of carbonyl (C=O) groups is 1. The minimum absolute atomic E-state index is 0.00426. The van der Waals surface area contributed by atoms with Gasteiger partial charge in [0, 0.05) is 34.8 Å². The predicted molar refractivity (Wildman–Crippen MR) is 103 cm³/mol. The monoisotopic (exact) mass is 351 g/mol. The summed E-state index contributed by atoms with van der Waals surface area (Å²) >= 11 is 0. The number of amides is 2. The molecule has 0 atom stereocenters. The maximum atomic E-state index is 12.5. The molecule has 2 amide bonds. The van der Waals surface area contributed by atoms with Crippen molar-refractivity contribution in [3.05, 3.63) is 70.0 Å². The Kier molecular flexibility index (Phi) is 5.22. The lowest BCUT2D eigenvalue weighted by Crippen LogP contribution is -2.28. The molecule has 0 radical (unpaired) electrons. The average Bonchev–Trinajstić information content (AvgIpc) is 2.64. The maximum absolute atomic E-state index is 12.5. The fourth-order valence-corrected chi connectivity index (χ4v) is 2.68. The van der Waals surface area contributed by atoms with Crippen LogP contribution >= 0.6 is 0 Å². The number of carbonyl (C=O) groups excluding carboxylic acids is 1. The quantitative estimate of drug-likeness (QED) is 0.657. The third-order valence-electron chi connectivity index (χ3n) is 4.06. The molecule has 134 valence electrons. The zero-order valence-corrected chi connectivity index (χ0v) is 14.8. The molecule has 0 unspecified atom stereocenters. The summed E-state index contributed by atoms with van der Waals surface area (Å²) in [5, 5.41) is 6.08. The Balaban J connectivity index is 1.77. The van der Waals surface area contributed by atoms with Crippen LogP contribution in [0.5, 0.6) is 5.75 Å². The molecule has 0 bridgehead atoms. The van der Waals surface area contributed by atoms with Crippen LogP contribution in [0, 0.1) is 6.92 Å². The van der Waals surface area contributed by atoms with E-state index in [2.05, 4.69) is 15.6 Å². The molecule has 3 aromatic rings. The average molecular weight is 351 g/mol. The first-order valence-electron chi connectivity index (χ1n) is 8.46. The zero-order valence-electron chi connectivity index (χ0n) is 14.8. The Morgan fingerprint density at radius 1 is 1.15 bits per heavy atom. The highest BCUT2D eigenvalue weighted by Gasteiger charge is 2.09. The number of hydrogen-bond acceptors (Lipinski definition) is 3. The predicted octanol–water partition coefficient (Wildman–Crippen LogP) is 3.56. The fourth-order valence-electron chi connectivity index (χ4n) is 2.68. The summed E-state index contributed by atoms with van der Waals surface area (Å²) in [7, 11) is 0. The number of hydrogen-bond donors (Lipinski definition) is 3. The summed E-state index contributed by atoms with van der Waals surface area (Å²) in [5.74, 6) is 0.604. The molecule has 0 aliphatic rings. The second-order valence-electron chi connectivity index (χ2n) is 5.90. The van der Waals surface area contributed by atoms with Crippen molar-refractivity contribution in [1.82, 2.24) is 10.3 Å². The van der Waals surface area contributed by atoms with E-state index in [1.165, 1.54) is 0 Å². The highest BCUT2D eigenvalue weighted by Crippen LogP contribution is 2.19. The summed E-state index contributed by atoms with van der Waals surface area (Å²) in [6, 6.07) is 14.3. The third-order valence-corrected chi connectivity index (χ3v) is 4.06. The molecule has 1 heterocycles. The first kappa shape index (κ1) is 17.5. The van der Waals surface area contributed by atoms with Crippen LogP contribution in [-0.4, -0.2) is 17.6 Å². The molecule has 0 saturated heterocycles. The molecule has 26 heavy (non-hydrogen) atoms. The molecule has 1 aromatic heterocycles. The van der Waals surface area contributed by atoms with E-state index >= 15 is 0 Å². The Morgan fingerprint density at radius 3 is 2.77 bits per heavy atom. The number of aromatic nitrogens is 1. The van der Waals surface area contributed by atoms with Gasteiger partial charge in [0.15, 0.2) is 5.43 Å². The number of rotatable bonds is 5. The van der Waals surface area contributed by atoms with Crippen molar-refractivity contribution in [3.63, 3.8) is 0 Å². The lowest BCUT2D eigenvalue weighted by molar-refractivity contribution is 0.252. The summed E-state index contributed by atoms with van der Waals surface area (Å²) in [5.41, 5.74) is 2.80. The van der Waals surface area contributed by atoms with Crippen molar-refractivity contribution in [2.24, 2.45) is 0 Å². The lowest BCUT2D eigenvalue weighted by Gasteiger charge is -2.12. The highest BCUT2D eigenvalue weighted by molar-refractivity contribution is 5.89. The first-order valence-corrected chi connectivity index (χ1v) is 8.46. The van der Waals surface area contributed by atoms with E-state index in [0.717, 1.165) is 11.2 Å². The molecular formula is C20H21N3O3. The van der Waals surface area contributed by atoms with Gasteiger partial charge >= 0.3 is 6.03 Å². The van der Waals surface area contributed by atoms with Crippen LogP contribution in [0.15, 0.2) is 53.3 Å². The van der Waals surface area contributed by atoms with Crippen LogP contribution in [0.4, 0.5) is 10.5 Å². The SMILES string of the molecule is CCNC(=O)Nc1cccc(OCc2[nH]c3ccccc3c(=O)c2C)c1. The number of fused-ring (bicyclic) bond motifs is 1. The van der Waals surface area contributed by atoms with Crippen LogP contribution in [0.2, 0.25) is 0 Å². The van der Waals surface area contributed by atoms with Gasteiger partial charge in [-0.15, -0.1) is 0 Å². The van der Waals surface area contributed by atoms with E-state index < -0.39 is 0 Å². The van der Waals surface area contributed by atoms with Gasteiger partial charge in [0.05, 0.1) is 5.69 Å². The van der Waals surface area contributed by atoms with Crippen LogP contribution in [-0.2, 0) is 6.61 Å². The molecule has 6 nitrogen and oxygen atoms in total. The number of anilines is 1. The Bertz CT molecular complexity index is 995. The van der Waals surface area contributed by atoms with Crippen molar-refractivity contribution in [2.75, 3.05) is 11.9 Å². The minimum atomic E-state index is -0.264. The van der Waals surface area contributed by atoms with Crippen molar-refractivity contribution in [1.29, 1.82) is 0 Å². The number of benzene rings is 2. The summed E-state index contributed by atoms with van der Waals surface area (Å²) in [6.45, 7) is 4.43. The lowest BCUT2D eigenvalue weighted by atomic mass is 10.1. The molecule has 0 aliphatic carbocycles. The van der Waals surface area contributed by atoms with Gasteiger partial charge < -0.3 is 20.4 Å². The van der Waals surface area contributed by atoms with Crippen LogP contribution in [0.1, 0.15) is 18.2 Å². The number of para-hydroxylation sites is 1. The smallest absolute Gasteiger partial charge is 0.319 e. The van der Waals surface area contributed by atoms with Crippen molar-refractivity contribution in [2.45, 2.75) is 20.5 Å². The molecule has 2 aromatic carbocycles. The van der Waals surface area contributed by atoms with E-state index in [0.29, 0.717) is 28.9 Å². The summed E-state index contributed by atoms with van der Waals surface area (Å²) < 4.78 is 5.82. The van der Waals surface area contributed by atoms with E-state index in [1.807, 2.05) is 31.2 Å². The van der Waals surface area contributed by atoms with Gasteiger partial charge in [-0.05, 0) is 38.1 Å². The third kappa shape index (κ3) is 3.85.